The Kier molecular flexibility index (Phi) is 4.47. The number of aliphatic carboxylic acids is 1. The molecule has 0 amide bonds. The molecule has 1 N–H and O–H groups in total. The van der Waals surface area contributed by atoms with Gasteiger partial charge in [-0.15, -0.1) is 10.1 Å². The molecule has 1 heterocycles. The normalized spacial score (nSPS) is 38.1. The van der Waals surface area contributed by atoms with E-state index in [1.165, 1.54) is 0 Å². The van der Waals surface area contributed by atoms with Crippen LogP contribution < -0.4 is 0 Å². The zero-order valence-electron chi connectivity index (χ0n) is 11.9. The van der Waals surface area contributed by atoms with Crippen LogP contribution in [0.15, 0.2) is 0 Å². The lowest BCUT2D eigenvalue weighted by Gasteiger charge is -2.47. The minimum Gasteiger partial charge on any atom is -0.481 e. The van der Waals surface area contributed by atoms with E-state index in [1.54, 1.807) is 0 Å². The number of quaternary nitrogens is 1. The van der Waals surface area contributed by atoms with E-state index in [2.05, 4.69) is 11.9 Å². The molecule has 1 saturated heterocycles. The predicted octanol–water partition coefficient (Wildman–Crippen LogP) is 1.45. The quantitative estimate of drug-likeness (QED) is 0.480. The monoisotopic (exact) mass is 287 g/mol. The van der Waals surface area contributed by atoms with Crippen molar-refractivity contribution < 1.29 is 24.3 Å². The van der Waals surface area contributed by atoms with Crippen LogP contribution in [0.2, 0.25) is 0 Å². The molecular formula is C13H23N2O5+. The Morgan fingerprint density at radius 3 is 2.20 bits per heavy atom. The van der Waals surface area contributed by atoms with Crippen molar-refractivity contribution in [2.75, 3.05) is 20.1 Å². The van der Waals surface area contributed by atoms with Crippen LogP contribution in [0, 0.1) is 16.0 Å². The Morgan fingerprint density at radius 2 is 1.75 bits per heavy atom. The molecule has 0 unspecified atom stereocenters. The van der Waals surface area contributed by atoms with Gasteiger partial charge < -0.3 is 14.4 Å². The Morgan fingerprint density at radius 1 is 1.20 bits per heavy atom. The molecule has 0 aromatic heterocycles. The average Bonchev–Trinajstić information content (AvgIpc) is 2.39. The summed E-state index contributed by atoms with van der Waals surface area (Å²) in [6.07, 6.45) is 4.50. The molecule has 0 bridgehead atoms. The molecule has 2 aliphatic rings. The summed E-state index contributed by atoms with van der Waals surface area (Å²) in [6, 6.07) is 0.483. The van der Waals surface area contributed by atoms with Gasteiger partial charge in [-0.05, 0) is 12.8 Å². The highest BCUT2D eigenvalue weighted by Gasteiger charge is 2.41. The van der Waals surface area contributed by atoms with Gasteiger partial charge in [0.1, 0.15) is 6.10 Å². The number of carboxylic acid groups (broad SMARTS) is 1. The third-order valence-corrected chi connectivity index (χ3v) is 5.09. The highest BCUT2D eigenvalue weighted by molar-refractivity contribution is 5.69. The molecule has 7 heteroatoms. The molecule has 20 heavy (non-hydrogen) atoms. The van der Waals surface area contributed by atoms with E-state index in [-0.39, 0.29) is 12.0 Å². The van der Waals surface area contributed by atoms with Crippen LogP contribution in [0.4, 0.5) is 0 Å². The first-order valence-electron chi connectivity index (χ1n) is 7.29. The second-order valence-electron chi connectivity index (χ2n) is 6.30. The maximum absolute atomic E-state index is 11.0. The summed E-state index contributed by atoms with van der Waals surface area (Å²) in [6.45, 7) is 1.78. The maximum Gasteiger partial charge on any atom is 0.306 e. The van der Waals surface area contributed by atoms with Crippen molar-refractivity contribution >= 4 is 5.97 Å². The first kappa shape index (κ1) is 15.0. The second-order valence-corrected chi connectivity index (χ2v) is 6.30. The van der Waals surface area contributed by atoms with Crippen LogP contribution in [0.3, 0.4) is 0 Å². The van der Waals surface area contributed by atoms with Gasteiger partial charge in [-0.25, -0.2) is 0 Å². The van der Waals surface area contributed by atoms with Crippen molar-refractivity contribution in [1.82, 2.24) is 0 Å². The summed E-state index contributed by atoms with van der Waals surface area (Å²) in [5.41, 5.74) is 0. The van der Waals surface area contributed by atoms with Crippen molar-refractivity contribution in [3.8, 4) is 0 Å². The number of carbonyl (C=O) groups is 1. The van der Waals surface area contributed by atoms with Gasteiger partial charge in [-0.2, -0.15) is 0 Å². The van der Waals surface area contributed by atoms with Crippen LogP contribution in [-0.4, -0.2) is 52.9 Å². The third kappa shape index (κ3) is 3.39. The van der Waals surface area contributed by atoms with E-state index in [0.717, 1.165) is 56.1 Å². The van der Waals surface area contributed by atoms with Crippen LogP contribution in [-0.2, 0) is 9.63 Å². The molecule has 114 valence electrons. The SMILES string of the molecule is C[N+]1(C2CCC(O[N+](=O)[O-])CC2)CCC(C(=O)O)CC1. The van der Waals surface area contributed by atoms with E-state index >= 15 is 0 Å². The molecule has 2 rings (SSSR count). The largest absolute Gasteiger partial charge is 0.481 e. The fraction of sp³-hybridized carbons (Fsp3) is 0.923. The van der Waals surface area contributed by atoms with Gasteiger partial charge in [-0.1, -0.05) is 0 Å². The Balaban J connectivity index is 1.84. The lowest BCUT2D eigenvalue weighted by atomic mass is 9.87. The Hall–Kier alpha value is -1.37. The molecule has 0 radical (unpaired) electrons. The zero-order valence-corrected chi connectivity index (χ0v) is 11.9. The first-order chi connectivity index (χ1) is 9.40. The van der Waals surface area contributed by atoms with E-state index in [0.29, 0.717) is 6.04 Å². The molecule has 1 aliphatic heterocycles. The highest BCUT2D eigenvalue weighted by atomic mass is 17.0. The summed E-state index contributed by atoms with van der Waals surface area (Å²) in [5.74, 6) is -0.880. The van der Waals surface area contributed by atoms with E-state index in [4.69, 9.17) is 5.11 Å². The number of hydrogen-bond donors (Lipinski definition) is 1. The Labute approximate surface area is 118 Å². The fourth-order valence-electron chi connectivity index (χ4n) is 3.67. The zero-order chi connectivity index (χ0) is 14.8. The minimum absolute atomic E-state index is 0.199. The van der Waals surface area contributed by atoms with Crippen LogP contribution in [0.1, 0.15) is 38.5 Å². The standard InChI is InChI=1S/C13H22N2O5/c1-15(8-6-10(7-9-15)13(16)17)11-2-4-12(5-3-11)20-14(18)19/h10-12H,2-9H2,1H3/p+1. The van der Waals surface area contributed by atoms with Crippen LogP contribution >= 0.6 is 0 Å². The summed E-state index contributed by atoms with van der Waals surface area (Å²) >= 11 is 0. The van der Waals surface area contributed by atoms with Gasteiger partial charge in [0.2, 0.25) is 0 Å². The Bertz CT molecular complexity index is 371. The van der Waals surface area contributed by atoms with Crippen molar-refractivity contribution in [3.05, 3.63) is 10.1 Å². The topological polar surface area (TPSA) is 89.7 Å². The predicted molar refractivity (Wildman–Crippen MR) is 70.4 cm³/mol. The molecule has 0 spiro atoms. The van der Waals surface area contributed by atoms with Crippen molar-refractivity contribution in [2.24, 2.45) is 5.92 Å². The van der Waals surface area contributed by atoms with Gasteiger partial charge in [0.15, 0.2) is 0 Å². The molecular weight excluding hydrogens is 264 g/mol. The van der Waals surface area contributed by atoms with Crippen molar-refractivity contribution in [2.45, 2.75) is 50.7 Å². The smallest absolute Gasteiger partial charge is 0.306 e. The number of likely N-dealkylation sites (tertiary alicyclic amines) is 1. The van der Waals surface area contributed by atoms with Crippen LogP contribution in [0.25, 0.3) is 0 Å². The number of rotatable bonds is 4. The average molecular weight is 287 g/mol. The summed E-state index contributed by atoms with van der Waals surface area (Å²) in [5, 5.41) is 18.7. The number of carboxylic acids is 1. The van der Waals surface area contributed by atoms with Gasteiger partial charge in [0.25, 0.3) is 5.09 Å². The summed E-state index contributed by atoms with van der Waals surface area (Å²) < 4.78 is 0.912. The first-order valence-corrected chi connectivity index (χ1v) is 7.29. The molecule has 0 aromatic carbocycles. The van der Waals surface area contributed by atoms with Gasteiger partial charge in [-0.3, -0.25) is 4.79 Å². The number of hydrogen-bond acceptors (Lipinski definition) is 4. The van der Waals surface area contributed by atoms with E-state index in [9.17, 15) is 14.9 Å². The van der Waals surface area contributed by atoms with Gasteiger partial charge in [0.05, 0.1) is 32.1 Å². The molecule has 1 aliphatic carbocycles. The number of piperidine rings is 1. The molecule has 2 fully saturated rings. The lowest BCUT2D eigenvalue weighted by molar-refractivity contribution is -0.940. The summed E-state index contributed by atoms with van der Waals surface area (Å²) in [4.78, 5) is 26.0. The lowest BCUT2D eigenvalue weighted by Crippen LogP contribution is -2.58. The maximum atomic E-state index is 11.0. The van der Waals surface area contributed by atoms with Crippen LogP contribution in [0.5, 0.6) is 0 Å². The molecule has 0 atom stereocenters. The molecule has 1 saturated carbocycles. The number of nitrogens with zero attached hydrogens (tertiary/aromatic N) is 2. The highest BCUT2D eigenvalue weighted by Crippen LogP contribution is 2.33. The molecule has 7 nitrogen and oxygen atoms in total. The van der Waals surface area contributed by atoms with Gasteiger partial charge >= 0.3 is 5.97 Å². The second kappa shape index (κ2) is 5.95. The van der Waals surface area contributed by atoms with E-state index < -0.39 is 11.1 Å². The van der Waals surface area contributed by atoms with Gasteiger partial charge in [0, 0.05) is 25.7 Å². The van der Waals surface area contributed by atoms with Crippen molar-refractivity contribution in [3.63, 3.8) is 0 Å². The van der Waals surface area contributed by atoms with Crippen molar-refractivity contribution in [1.29, 1.82) is 0 Å². The minimum atomic E-state index is -0.695. The summed E-state index contributed by atoms with van der Waals surface area (Å²) in [7, 11) is 2.19. The molecule has 0 aromatic rings. The third-order valence-electron chi connectivity index (χ3n) is 5.09. The fourth-order valence-corrected chi connectivity index (χ4v) is 3.67. The van der Waals surface area contributed by atoms with E-state index in [1.807, 2.05) is 0 Å².